The number of ether oxygens (including phenoxy) is 1. The van der Waals surface area contributed by atoms with Crippen LogP contribution in [-0.2, 0) is 22.5 Å². The Bertz CT molecular complexity index is 909. The molecule has 0 radical (unpaired) electrons. The Morgan fingerprint density at radius 3 is 2.67 bits per heavy atom. The van der Waals surface area contributed by atoms with E-state index in [0.29, 0.717) is 6.04 Å². The molecule has 1 aromatic carbocycles. The number of benzene rings is 1. The molecule has 30 heavy (non-hydrogen) atoms. The van der Waals surface area contributed by atoms with Crippen LogP contribution in [0.1, 0.15) is 59.8 Å². The van der Waals surface area contributed by atoms with Crippen LogP contribution in [0.25, 0.3) is 6.08 Å². The van der Waals surface area contributed by atoms with Crippen molar-refractivity contribution in [1.29, 1.82) is 0 Å². The Labute approximate surface area is 179 Å². The lowest BCUT2D eigenvalue weighted by atomic mass is 10.0. The smallest absolute Gasteiger partial charge is 0.330 e. The lowest BCUT2D eigenvalue weighted by Gasteiger charge is -2.25. The minimum atomic E-state index is -0.327. The number of methoxy groups -OCH3 is 1. The maximum Gasteiger partial charge on any atom is 0.330 e. The number of rotatable bonds is 8. The maximum atomic E-state index is 11.3. The van der Waals surface area contributed by atoms with Gasteiger partial charge < -0.3 is 4.74 Å². The van der Waals surface area contributed by atoms with E-state index in [0.717, 1.165) is 37.5 Å². The largest absolute Gasteiger partial charge is 0.466 e. The molecule has 5 nitrogen and oxygen atoms in total. The number of esters is 1. The summed E-state index contributed by atoms with van der Waals surface area (Å²) in [5, 5.41) is 4.82. The molecule has 0 N–H and O–H groups in total. The van der Waals surface area contributed by atoms with Crippen molar-refractivity contribution in [1.82, 2.24) is 14.7 Å². The topological polar surface area (TPSA) is 47.4 Å². The van der Waals surface area contributed by atoms with Gasteiger partial charge in [0.05, 0.1) is 12.8 Å². The second-order valence-corrected chi connectivity index (χ2v) is 8.74. The van der Waals surface area contributed by atoms with Crippen LogP contribution in [0.2, 0.25) is 0 Å². The van der Waals surface area contributed by atoms with Crippen LogP contribution in [0.15, 0.2) is 30.3 Å². The highest BCUT2D eigenvalue weighted by Crippen LogP contribution is 2.33. The zero-order chi connectivity index (χ0) is 21.1. The summed E-state index contributed by atoms with van der Waals surface area (Å²) in [6, 6.07) is 9.04. The van der Waals surface area contributed by atoms with Crippen LogP contribution in [0, 0.1) is 19.8 Å². The van der Waals surface area contributed by atoms with Crippen molar-refractivity contribution >= 4 is 12.0 Å². The fourth-order valence-corrected chi connectivity index (χ4v) is 4.61. The molecule has 1 aliphatic heterocycles. The molecule has 1 aromatic heterocycles. The molecule has 5 heteroatoms. The first-order chi connectivity index (χ1) is 14.5. The van der Waals surface area contributed by atoms with E-state index >= 15 is 0 Å². The molecule has 0 bridgehead atoms. The summed E-state index contributed by atoms with van der Waals surface area (Å²) < 4.78 is 6.90. The number of aromatic nitrogens is 2. The van der Waals surface area contributed by atoms with Crippen LogP contribution in [0.4, 0.5) is 0 Å². The Morgan fingerprint density at radius 1 is 1.20 bits per heavy atom. The first kappa shape index (κ1) is 20.9. The van der Waals surface area contributed by atoms with Crippen molar-refractivity contribution in [3.05, 3.63) is 58.4 Å². The second kappa shape index (κ2) is 9.17. The Balaban J connectivity index is 1.39. The third-order valence-electron chi connectivity index (χ3n) is 6.61. The van der Waals surface area contributed by atoms with Crippen LogP contribution < -0.4 is 0 Å². The van der Waals surface area contributed by atoms with Gasteiger partial charge in [-0.2, -0.15) is 5.10 Å². The van der Waals surface area contributed by atoms with Crippen LogP contribution in [0.5, 0.6) is 0 Å². The standard InChI is InChI=1S/C25H33N3O2/c1-18-23(19(2)28(26-18)17-21-6-7-21)14-16-27-15-4-5-24(27)22-11-8-20(9-12-22)10-13-25(29)30-3/h8-13,21,24H,4-7,14-17H2,1-3H3/t24-/m0/s1. The number of carbonyl (C=O) groups excluding carboxylic acids is 1. The molecule has 4 rings (SSSR count). The van der Waals surface area contributed by atoms with E-state index in [9.17, 15) is 4.79 Å². The van der Waals surface area contributed by atoms with E-state index in [4.69, 9.17) is 5.10 Å². The summed E-state index contributed by atoms with van der Waals surface area (Å²) >= 11 is 0. The van der Waals surface area contributed by atoms with Crippen molar-refractivity contribution in [3.63, 3.8) is 0 Å². The van der Waals surface area contributed by atoms with E-state index in [1.165, 1.54) is 61.4 Å². The van der Waals surface area contributed by atoms with Crippen molar-refractivity contribution in [2.24, 2.45) is 5.92 Å². The summed E-state index contributed by atoms with van der Waals surface area (Å²) in [6.45, 7) is 7.72. The van der Waals surface area contributed by atoms with E-state index in [1.807, 2.05) is 0 Å². The molecular formula is C25H33N3O2. The lowest BCUT2D eigenvalue weighted by Crippen LogP contribution is -2.26. The van der Waals surface area contributed by atoms with Gasteiger partial charge in [0.2, 0.25) is 0 Å². The number of hydrogen-bond donors (Lipinski definition) is 0. The normalized spacial score (nSPS) is 19.6. The fourth-order valence-electron chi connectivity index (χ4n) is 4.61. The van der Waals surface area contributed by atoms with Gasteiger partial charge in [-0.1, -0.05) is 24.3 Å². The fraction of sp³-hybridized carbons (Fsp3) is 0.520. The molecule has 0 spiro atoms. The zero-order valence-electron chi connectivity index (χ0n) is 18.4. The van der Waals surface area contributed by atoms with Gasteiger partial charge in [0.15, 0.2) is 0 Å². The number of hydrogen-bond acceptors (Lipinski definition) is 4. The molecule has 0 unspecified atom stereocenters. The summed E-state index contributed by atoms with van der Waals surface area (Å²) in [5.41, 5.74) is 6.37. The molecule has 1 aliphatic carbocycles. The molecule has 160 valence electrons. The number of nitrogens with zero attached hydrogens (tertiary/aromatic N) is 3. The Hall–Kier alpha value is -2.40. The monoisotopic (exact) mass is 407 g/mol. The molecule has 2 aromatic rings. The third kappa shape index (κ3) is 4.84. The quantitative estimate of drug-likeness (QED) is 0.478. The highest BCUT2D eigenvalue weighted by Gasteiger charge is 2.27. The van der Waals surface area contributed by atoms with Gasteiger partial charge in [-0.25, -0.2) is 4.79 Å². The zero-order valence-corrected chi connectivity index (χ0v) is 18.4. The third-order valence-corrected chi connectivity index (χ3v) is 6.61. The highest BCUT2D eigenvalue weighted by atomic mass is 16.5. The molecular weight excluding hydrogens is 374 g/mol. The van der Waals surface area contributed by atoms with Crippen LogP contribution >= 0.6 is 0 Å². The van der Waals surface area contributed by atoms with Gasteiger partial charge in [-0.3, -0.25) is 9.58 Å². The first-order valence-corrected chi connectivity index (χ1v) is 11.2. The second-order valence-electron chi connectivity index (χ2n) is 8.74. The Morgan fingerprint density at radius 2 is 1.97 bits per heavy atom. The van der Waals surface area contributed by atoms with Crippen molar-refractivity contribution < 1.29 is 9.53 Å². The van der Waals surface area contributed by atoms with Gasteiger partial charge in [0, 0.05) is 30.9 Å². The van der Waals surface area contributed by atoms with Crippen molar-refractivity contribution in [2.45, 2.75) is 58.5 Å². The van der Waals surface area contributed by atoms with Crippen LogP contribution in [0.3, 0.4) is 0 Å². The highest BCUT2D eigenvalue weighted by molar-refractivity contribution is 5.86. The average Bonchev–Trinajstić information content (AvgIpc) is 3.38. The summed E-state index contributed by atoms with van der Waals surface area (Å²) in [6.07, 6.45) is 9.50. The molecule has 2 fully saturated rings. The summed E-state index contributed by atoms with van der Waals surface area (Å²) in [4.78, 5) is 13.9. The minimum Gasteiger partial charge on any atom is -0.466 e. The lowest BCUT2D eigenvalue weighted by molar-refractivity contribution is -0.134. The molecule has 1 atom stereocenters. The number of aryl methyl sites for hydroxylation is 1. The van der Waals surface area contributed by atoms with E-state index in [1.54, 1.807) is 6.08 Å². The van der Waals surface area contributed by atoms with E-state index < -0.39 is 0 Å². The van der Waals surface area contributed by atoms with Crippen molar-refractivity contribution in [3.8, 4) is 0 Å². The minimum absolute atomic E-state index is 0.327. The van der Waals surface area contributed by atoms with Crippen molar-refractivity contribution in [2.75, 3.05) is 20.2 Å². The average molecular weight is 408 g/mol. The summed E-state index contributed by atoms with van der Waals surface area (Å²) in [5.74, 6) is 0.524. The van der Waals surface area contributed by atoms with Gasteiger partial charge in [-0.15, -0.1) is 0 Å². The predicted molar refractivity (Wildman–Crippen MR) is 119 cm³/mol. The molecule has 1 saturated carbocycles. The maximum absolute atomic E-state index is 11.3. The van der Waals surface area contributed by atoms with Gasteiger partial charge in [0.1, 0.15) is 0 Å². The first-order valence-electron chi connectivity index (χ1n) is 11.2. The van der Waals surface area contributed by atoms with Gasteiger partial charge in [0.25, 0.3) is 0 Å². The van der Waals surface area contributed by atoms with Crippen LogP contribution in [-0.4, -0.2) is 40.8 Å². The SMILES string of the molecule is COC(=O)C=Cc1ccc([C@@H]2CCCN2CCc2c(C)nn(CC3CC3)c2C)cc1. The van der Waals surface area contributed by atoms with E-state index in [2.05, 4.69) is 52.4 Å². The Kier molecular flexibility index (Phi) is 6.38. The van der Waals surface area contributed by atoms with E-state index in [-0.39, 0.29) is 5.97 Å². The molecule has 0 amide bonds. The molecule has 2 heterocycles. The molecule has 2 aliphatic rings. The predicted octanol–water partition coefficient (Wildman–Crippen LogP) is 4.48. The van der Waals surface area contributed by atoms with Gasteiger partial charge >= 0.3 is 5.97 Å². The number of likely N-dealkylation sites (tertiary alicyclic amines) is 1. The molecule has 1 saturated heterocycles. The summed E-state index contributed by atoms with van der Waals surface area (Å²) in [7, 11) is 1.39. The van der Waals surface area contributed by atoms with Gasteiger partial charge in [-0.05, 0) is 81.2 Å². The number of carbonyl (C=O) groups is 1.